The lowest BCUT2D eigenvalue weighted by molar-refractivity contribution is 0.102. The minimum Gasteiger partial charge on any atom is -0.371 e. The Kier molecular flexibility index (Phi) is 5.65. The number of amides is 1. The molecule has 1 aliphatic rings. The summed E-state index contributed by atoms with van der Waals surface area (Å²) >= 11 is 0. The van der Waals surface area contributed by atoms with Gasteiger partial charge < -0.3 is 10.2 Å². The number of halogens is 1. The summed E-state index contributed by atoms with van der Waals surface area (Å²) in [7, 11) is -3.98. The van der Waals surface area contributed by atoms with Crippen molar-refractivity contribution in [2.75, 3.05) is 28.0 Å². The Morgan fingerprint density at radius 1 is 1.06 bits per heavy atom. The molecule has 0 unspecified atom stereocenters. The average molecular weight is 440 g/mol. The van der Waals surface area contributed by atoms with E-state index in [2.05, 4.69) is 21.9 Å². The van der Waals surface area contributed by atoms with Crippen LogP contribution < -0.4 is 14.9 Å². The van der Waals surface area contributed by atoms with Crippen LogP contribution in [0.4, 0.5) is 21.5 Å². The summed E-state index contributed by atoms with van der Waals surface area (Å²) in [4.78, 5) is 14.8. The molecule has 31 heavy (non-hydrogen) atoms. The van der Waals surface area contributed by atoms with Crippen molar-refractivity contribution in [2.45, 2.75) is 18.2 Å². The van der Waals surface area contributed by atoms with Crippen molar-refractivity contribution < 1.29 is 17.6 Å². The summed E-state index contributed by atoms with van der Waals surface area (Å²) in [6, 6.07) is 16.9. The molecule has 8 heteroatoms. The Morgan fingerprint density at radius 2 is 1.81 bits per heavy atom. The van der Waals surface area contributed by atoms with Crippen LogP contribution in [0.25, 0.3) is 0 Å². The van der Waals surface area contributed by atoms with Crippen LogP contribution in [0.3, 0.4) is 0 Å². The number of benzene rings is 3. The fourth-order valence-electron chi connectivity index (χ4n) is 3.59. The van der Waals surface area contributed by atoms with Gasteiger partial charge in [0.25, 0.3) is 15.9 Å². The highest BCUT2D eigenvalue weighted by Gasteiger charge is 2.19. The zero-order valence-electron chi connectivity index (χ0n) is 16.9. The SMILES string of the molecule is CCN1CCc2ccc(NC(=O)c3ccc(S(=O)(=O)Nc4ccccc4F)cc3)cc21. The van der Waals surface area contributed by atoms with E-state index in [0.717, 1.165) is 25.2 Å². The van der Waals surface area contributed by atoms with E-state index in [4.69, 9.17) is 0 Å². The standard InChI is InChI=1S/C23H22FN3O3S/c1-2-27-14-13-16-7-10-18(15-22(16)27)25-23(28)17-8-11-19(12-9-17)31(29,30)26-21-6-4-3-5-20(21)24/h3-12,15,26H,2,13-14H2,1H3,(H,25,28). The van der Waals surface area contributed by atoms with Crippen LogP contribution in [0.5, 0.6) is 0 Å². The number of hydrogen-bond donors (Lipinski definition) is 2. The molecule has 3 aromatic carbocycles. The summed E-state index contributed by atoms with van der Waals surface area (Å²) in [5, 5.41) is 2.86. The molecule has 0 radical (unpaired) electrons. The highest BCUT2D eigenvalue weighted by molar-refractivity contribution is 7.92. The molecule has 160 valence electrons. The molecule has 2 N–H and O–H groups in total. The minimum absolute atomic E-state index is 0.0663. The first-order valence-electron chi connectivity index (χ1n) is 9.94. The summed E-state index contributed by atoms with van der Waals surface area (Å²) in [6.45, 7) is 3.97. The van der Waals surface area contributed by atoms with Gasteiger partial charge >= 0.3 is 0 Å². The quantitative estimate of drug-likeness (QED) is 0.602. The normalized spacial score (nSPS) is 13.0. The molecule has 0 saturated heterocycles. The van der Waals surface area contributed by atoms with Crippen molar-refractivity contribution >= 4 is 33.0 Å². The first-order valence-corrected chi connectivity index (χ1v) is 11.4. The van der Waals surface area contributed by atoms with Crippen LogP contribution in [0, 0.1) is 5.82 Å². The Bertz CT molecular complexity index is 1230. The fourth-order valence-corrected chi connectivity index (χ4v) is 4.66. The van der Waals surface area contributed by atoms with E-state index in [-0.39, 0.29) is 16.5 Å². The molecule has 0 fully saturated rings. The molecule has 0 saturated carbocycles. The Balaban J connectivity index is 1.48. The van der Waals surface area contributed by atoms with Gasteiger partial charge in [-0.15, -0.1) is 0 Å². The van der Waals surface area contributed by atoms with Crippen LogP contribution >= 0.6 is 0 Å². The Hall–Kier alpha value is -3.39. The van der Waals surface area contributed by atoms with E-state index >= 15 is 0 Å². The van der Waals surface area contributed by atoms with Gasteiger partial charge in [0.1, 0.15) is 5.82 Å². The second kappa shape index (κ2) is 8.39. The average Bonchev–Trinajstić information content (AvgIpc) is 3.17. The second-order valence-electron chi connectivity index (χ2n) is 7.24. The van der Waals surface area contributed by atoms with Crippen LogP contribution in [-0.4, -0.2) is 27.4 Å². The molecule has 6 nitrogen and oxygen atoms in total. The maximum Gasteiger partial charge on any atom is 0.261 e. The fraction of sp³-hybridized carbons (Fsp3) is 0.174. The van der Waals surface area contributed by atoms with Crippen molar-refractivity contribution in [3.63, 3.8) is 0 Å². The minimum atomic E-state index is -3.98. The number of anilines is 3. The molecule has 3 aromatic rings. The summed E-state index contributed by atoms with van der Waals surface area (Å²) < 4.78 is 41.0. The van der Waals surface area contributed by atoms with Gasteiger partial charge in [-0.3, -0.25) is 9.52 Å². The topological polar surface area (TPSA) is 78.5 Å². The highest BCUT2D eigenvalue weighted by Crippen LogP contribution is 2.30. The van der Waals surface area contributed by atoms with Gasteiger partial charge in [0.2, 0.25) is 0 Å². The lowest BCUT2D eigenvalue weighted by atomic mass is 10.1. The monoisotopic (exact) mass is 439 g/mol. The molecule has 1 heterocycles. The molecular weight excluding hydrogens is 417 g/mol. The summed E-state index contributed by atoms with van der Waals surface area (Å²) in [5.41, 5.74) is 3.25. The van der Waals surface area contributed by atoms with Crippen LogP contribution in [-0.2, 0) is 16.4 Å². The number of carbonyl (C=O) groups is 1. The number of rotatable bonds is 6. The van der Waals surface area contributed by atoms with E-state index in [1.54, 1.807) is 0 Å². The lowest BCUT2D eigenvalue weighted by Crippen LogP contribution is -2.19. The van der Waals surface area contributed by atoms with Gasteiger partial charge in [0.15, 0.2) is 0 Å². The molecular formula is C23H22FN3O3S. The molecule has 1 amide bonds. The number of para-hydroxylation sites is 1. The molecule has 0 aliphatic carbocycles. The molecule has 0 bridgehead atoms. The van der Waals surface area contributed by atoms with E-state index in [0.29, 0.717) is 11.3 Å². The largest absolute Gasteiger partial charge is 0.371 e. The third-order valence-corrected chi connectivity index (χ3v) is 6.64. The Labute approximate surface area is 180 Å². The van der Waals surface area contributed by atoms with E-state index in [1.807, 2.05) is 18.2 Å². The summed E-state index contributed by atoms with van der Waals surface area (Å²) in [6.07, 6.45) is 0.994. The first kappa shape index (κ1) is 20.9. The van der Waals surface area contributed by atoms with E-state index < -0.39 is 15.8 Å². The number of likely N-dealkylation sites (N-methyl/N-ethyl adjacent to an activating group) is 1. The third kappa shape index (κ3) is 4.39. The first-order chi connectivity index (χ1) is 14.9. The van der Waals surface area contributed by atoms with Gasteiger partial charge in [-0.2, -0.15) is 0 Å². The third-order valence-electron chi connectivity index (χ3n) is 5.26. The Morgan fingerprint density at radius 3 is 2.52 bits per heavy atom. The smallest absolute Gasteiger partial charge is 0.261 e. The van der Waals surface area contributed by atoms with Crippen molar-refractivity contribution in [3.05, 3.63) is 83.7 Å². The van der Waals surface area contributed by atoms with Crippen LogP contribution in [0.1, 0.15) is 22.8 Å². The van der Waals surface area contributed by atoms with Gasteiger partial charge in [0, 0.05) is 30.0 Å². The molecule has 0 spiro atoms. The number of hydrogen-bond acceptors (Lipinski definition) is 4. The molecule has 0 atom stereocenters. The van der Waals surface area contributed by atoms with Crippen molar-refractivity contribution in [3.8, 4) is 0 Å². The van der Waals surface area contributed by atoms with Gasteiger partial charge in [0.05, 0.1) is 10.6 Å². The van der Waals surface area contributed by atoms with Gasteiger partial charge in [-0.05, 0) is 67.4 Å². The highest BCUT2D eigenvalue weighted by atomic mass is 32.2. The molecule has 4 rings (SSSR count). The molecule has 0 aromatic heterocycles. The number of sulfonamides is 1. The van der Waals surface area contributed by atoms with Crippen LogP contribution in [0.15, 0.2) is 71.6 Å². The van der Waals surface area contributed by atoms with Crippen LogP contribution in [0.2, 0.25) is 0 Å². The maximum absolute atomic E-state index is 13.8. The number of fused-ring (bicyclic) bond motifs is 1. The number of nitrogens with zero attached hydrogens (tertiary/aromatic N) is 1. The molecule has 1 aliphatic heterocycles. The van der Waals surface area contributed by atoms with Gasteiger partial charge in [-0.25, -0.2) is 12.8 Å². The second-order valence-corrected chi connectivity index (χ2v) is 8.92. The number of carbonyl (C=O) groups excluding carboxylic acids is 1. The van der Waals surface area contributed by atoms with E-state index in [9.17, 15) is 17.6 Å². The summed E-state index contributed by atoms with van der Waals surface area (Å²) in [5.74, 6) is -1.01. The predicted molar refractivity (Wildman–Crippen MR) is 120 cm³/mol. The van der Waals surface area contributed by atoms with Crippen molar-refractivity contribution in [1.82, 2.24) is 0 Å². The van der Waals surface area contributed by atoms with Crippen molar-refractivity contribution in [1.29, 1.82) is 0 Å². The van der Waals surface area contributed by atoms with E-state index in [1.165, 1.54) is 54.1 Å². The van der Waals surface area contributed by atoms with Crippen molar-refractivity contribution in [2.24, 2.45) is 0 Å². The lowest BCUT2D eigenvalue weighted by Gasteiger charge is -2.17. The zero-order valence-corrected chi connectivity index (χ0v) is 17.7. The van der Waals surface area contributed by atoms with Gasteiger partial charge in [-0.1, -0.05) is 18.2 Å². The number of nitrogens with one attached hydrogen (secondary N) is 2. The predicted octanol–water partition coefficient (Wildman–Crippen LogP) is 4.26. The maximum atomic E-state index is 13.8. The zero-order chi connectivity index (χ0) is 22.0.